The van der Waals surface area contributed by atoms with Crippen molar-refractivity contribution in [2.75, 3.05) is 17.2 Å². The van der Waals surface area contributed by atoms with Gasteiger partial charge in [-0.3, -0.25) is 9.78 Å². The highest BCUT2D eigenvalue weighted by molar-refractivity contribution is 6.31. The summed E-state index contributed by atoms with van der Waals surface area (Å²) >= 11 is 5.54. The second kappa shape index (κ2) is 7.35. The van der Waals surface area contributed by atoms with Crippen molar-refractivity contribution in [2.24, 2.45) is 0 Å². The van der Waals surface area contributed by atoms with Gasteiger partial charge in [-0.25, -0.2) is 0 Å². The van der Waals surface area contributed by atoms with Gasteiger partial charge in [0.15, 0.2) is 0 Å². The van der Waals surface area contributed by atoms with Crippen LogP contribution in [0.3, 0.4) is 0 Å². The van der Waals surface area contributed by atoms with Gasteiger partial charge in [0.05, 0.1) is 10.6 Å². The fraction of sp³-hybridized carbons (Fsp3) is 0.125. The van der Waals surface area contributed by atoms with Crippen LogP contribution in [0.4, 0.5) is 24.5 Å². The van der Waals surface area contributed by atoms with E-state index in [1.54, 1.807) is 12.1 Å². The molecular formula is C16H13ClF3N3O. The zero-order valence-corrected chi connectivity index (χ0v) is 13.1. The molecule has 1 amide bonds. The number of rotatable bonds is 5. The van der Waals surface area contributed by atoms with Crippen molar-refractivity contribution in [3.8, 4) is 0 Å². The molecule has 0 aliphatic rings. The van der Waals surface area contributed by atoms with E-state index in [9.17, 15) is 18.0 Å². The summed E-state index contributed by atoms with van der Waals surface area (Å²) in [6.45, 7) is 4.06. The van der Waals surface area contributed by atoms with Gasteiger partial charge in [-0.1, -0.05) is 17.7 Å². The third-order valence-electron chi connectivity index (χ3n) is 2.97. The number of hydrogen-bond donors (Lipinski definition) is 2. The number of nitrogens with one attached hydrogen (secondary N) is 2. The number of benzene rings is 1. The Morgan fingerprint density at radius 2 is 2.00 bits per heavy atom. The fourth-order valence-corrected chi connectivity index (χ4v) is 2.09. The predicted octanol–water partition coefficient (Wildman–Crippen LogP) is 4.60. The maximum Gasteiger partial charge on any atom is 0.417 e. The molecule has 2 rings (SSSR count). The Morgan fingerprint density at radius 1 is 1.25 bits per heavy atom. The lowest BCUT2D eigenvalue weighted by Crippen LogP contribution is -2.15. The molecule has 126 valence electrons. The van der Waals surface area contributed by atoms with E-state index in [0.29, 0.717) is 12.2 Å². The number of carbonyl (C=O) groups is 1. The molecular weight excluding hydrogens is 343 g/mol. The molecule has 0 unspecified atom stereocenters. The Balaban J connectivity index is 2.19. The first kappa shape index (κ1) is 17.8. The third-order valence-corrected chi connectivity index (χ3v) is 3.30. The van der Waals surface area contributed by atoms with E-state index < -0.39 is 22.7 Å². The fourth-order valence-electron chi connectivity index (χ4n) is 1.87. The highest BCUT2D eigenvalue weighted by Crippen LogP contribution is 2.36. The topological polar surface area (TPSA) is 54.0 Å². The third kappa shape index (κ3) is 4.48. The number of carbonyl (C=O) groups excluding carboxylic acids is 1. The van der Waals surface area contributed by atoms with E-state index in [2.05, 4.69) is 22.2 Å². The van der Waals surface area contributed by atoms with Crippen LogP contribution in [0.5, 0.6) is 0 Å². The van der Waals surface area contributed by atoms with Crippen LogP contribution in [0.15, 0.2) is 49.2 Å². The molecule has 1 aromatic heterocycles. The molecule has 0 saturated heterocycles. The Bertz CT molecular complexity index is 762. The van der Waals surface area contributed by atoms with E-state index in [-0.39, 0.29) is 11.4 Å². The van der Waals surface area contributed by atoms with Gasteiger partial charge in [-0.2, -0.15) is 13.2 Å². The lowest BCUT2D eigenvalue weighted by molar-refractivity contribution is -0.137. The second-order valence-corrected chi connectivity index (χ2v) is 5.15. The number of pyridine rings is 1. The summed E-state index contributed by atoms with van der Waals surface area (Å²) in [4.78, 5) is 16.1. The van der Waals surface area contributed by atoms with E-state index in [1.807, 2.05) is 0 Å². The van der Waals surface area contributed by atoms with Crippen LogP contribution in [0.1, 0.15) is 16.1 Å². The van der Waals surface area contributed by atoms with Crippen molar-refractivity contribution < 1.29 is 18.0 Å². The molecule has 2 N–H and O–H groups in total. The number of halogens is 4. The number of anilines is 2. The lowest BCUT2D eigenvalue weighted by atomic mass is 10.2. The molecule has 0 radical (unpaired) electrons. The van der Waals surface area contributed by atoms with Crippen LogP contribution in [0.25, 0.3) is 0 Å². The highest BCUT2D eigenvalue weighted by Gasteiger charge is 2.33. The monoisotopic (exact) mass is 355 g/mol. The molecule has 1 aromatic carbocycles. The van der Waals surface area contributed by atoms with E-state index in [0.717, 1.165) is 12.1 Å². The molecule has 0 aliphatic heterocycles. The molecule has 0 atom stereocenters. The first-order valence-corrected chi connectivity index (χ1v) is 7.18. The normalized spacial score (nSPS) is 11.0. The minimum atomic E-state index is -4.61. The van der Waals surface area contributed by atoms with Crippen molar-refractivity contribution in [3.63, 3.8) is 0 Å². The van der Waals surface area contributed by atoms with Crippen LogP contribution in [0.2, 0.25) is 5.02 Å². The smallest absolute Gasteiger partial charge is 0.381 e. The van der Waals surface area contributed by atoms with Gasteiger partial charge < -0.3 is 10.6 Å². The number of nitrogens with zero attached hydrogens (tertiary/aromatic N) is 1. The summed E-state index contributed by atoms with van der Waals surface area (Å²) in [5.41, 5.74) is -0.339. The zero-order valence-electron chi connectivity index (χ0n) is 12.3. The first-order chi connectivity index (χ1) is 11.3. The quantitative estimate of drug-likeness (QED) is 0.770. The number of amides is 1. The van der Waals surface area contributed by atoms with Crippen molar-refractivity contribution in [3.05, 3.63) is 65.5 Å². The highest BCUT2D eigenvalue weighted by atomic mass is 35.5. The molecule has 0 saturated carbocycles. The van der Waals surface area contributed by atoms with Crippen molar-refractivity contribution >= 4 is 28.9 Å². The zero-order chi connectivity index (χ0) is 17.7. The van der Waals surface area contributed by atoms with Gasteiger partial charge >= 0.3 is 6.18 Å². The van der Waals surface area contributed by atoms with E-state index in [1.165, 1.54) is 18.3 Å². The average molecular weight is 356 g/mol. The van der Waals surface area contributed by atoms with Gasteiger partial charge in [0.25, 0.3) is 5.91 Å². The Hall–Kier alpha value is -2.54. The molecule has 24 heavy (non-hydrogen) atoms. The average Bonchev–Trinajstić information content (AvgIpc) is 2.54. The molecule has 4 nitrogen and oxygen atoms in total. The lowest BCUT2D eigenvalue weighted by Gasteiger charge is -2.12. The maximum absolute atomic E-state index is 12.8. The molecule has 0 bridgehead atoms. The summed E-state index contributed by atoms with van der Waals surface area (Å²) in [7, 11) is 0. The van der Waals surface area contributed by atoms with Crippen molar-refractivity contribution in [1.29, 1.82) is 0 Å². The molecule has 0 spiro atoms. The number of aromatic nitrogens is 1. The van der Waals surface area contributed by atoms with Gasteiger partial charge in [-0.15, -0.1) is 6.58 Å². The summed E-state index contributed by atoms with van der Waals surface area (Å²) in [5, 5.41) is 4.92. The molecule has 8 heteroatoms. The summed E-state index contributed by atoms with van der Waals surface area (Å²) in [6.07, 6.45) is -1.54. The van der Waals surface area contributed by atoms with Crippen LogP contribution in [-0.2, 0) is 6.18 Å². The van der Waals surface area contributed by atoms with Gasteiger partial charge in [0.2, 0.25) is 0 Å². The number of alkyl halides is 3. The molecule has 0 aliphatic carbocycles. The SMILES string of the molecule is C=CCNc1ccnc(C(=O)Nc2ccc(Cl)c(C(F)(F)F)c2)c1. The molecule has 0 fully saturated rings. The van der Waals surface area contributed by atoms with Crippen LogP contribution >= 0.6 is 11.6 Å². The summed E-state index contributed by atoms with van der Waals surface area (Å²) in [6, 6.07) is 6.29. The Labute approximate surface area is 141 Å². The largest absolute Gasteiger partial charge is 0.417 e. The van der Waals surface area contributed by atoms with Gasteiger partial charge in [0, 0.05) is 24.1 Å². The molecule has 2 aromatic rings. The van der Waals surface area contributed by atoms with Gasteiger partial charge in [0.1, 0.15) is 5.69 Å². The minimum Gasteiger partial charge on any atom is -0.381 e. The minimum absolute atomic E-state index is 0.0250. The first-order valence-electron chi connectivity index (χ1n) is 6.80. The Morgan fingerprint density at radius 3 is 2.67 bits per heavy atom. The second-order valence-electron chi connectivity index (χ2n) is 4.75. The van der Waals surface area contributed by atoms with E-state index >= 15 is 0 Å². The summed E-state index contributed by atoms with van der Waals surface area (Å²) < 4.78 is 38.5. The Kier molecular flexibility index (Phi) is 5.46. The van der Waals surface area contributed by atoms with E-state index in [4.69, 9.17) is 11.6 Å². The number of hydrogen-bond acceptors (Lipinski definition) is 3. The van der Waals surface area contributed by atoms with Crippen molar-refractivity contribution in [1.82, 2.24) is 4.98 Å². The standard InChI is InChI=1S/C16H13ClF3N3O/c1-2-6-21-10-5-7-22-14(9-10)15(24)23-11-3-4-13(17)12(8-11)16(18,19)20/h2-5,7-9H,1,6H2,(H,21,22)(H,23,24). The predicted molar refractivity (Wildman–Crippen MR) is 87.3 cm³/mol. The maximum atomic E-state index is 12.8. The van der Waals surface area contributed by atoms with Crippen LogP contribution in [0, 0.1) is 0 Å². The summed E-state index contributed by atoms with van der Waals surface area (Å²) in [5.74, 6) is -0.632. The molecule has 1 heterocycles. The van der Waals surface area contributed by atoms with Gasteiger partial charge in [-0.05, 0) is 30.3 Å². The van der Waals surface area contributed by atoms with Crippen molar-refractivity contribution in [2.45, 2.75) is 6.18 Å². The van der Waals surface area contributed by atoms with Crippen LogP contribution < -0.4 is 10.6 Å². The van der Waals surface area contributed by atoms with Crippen LogP contribution in [-0.4, -0.2) is 17.4 Å².